The Bertz CT molecular complexity index is 355. The second-order valence-corrected chi connectivity index (χ2v) is 5.56. The molecule has 0 aromatic carbocycles. The van der Waals surface area contributed by atoms with Gasteiger partial charge >= 0.3 is 6.09 Å². The van der Waals surface area contributed by atoms with Crippen LogP contribution in [0.2, 0.25) is 0 Å². The molecule has 0 N–H and O–H groups in total. The van der Waals surface area contributed by atoms with E-state index in [2.05, 4.69) is 5.92 Å². The topological polar surface area (TPSA) is 29.5 Å². The maximum Gasteiger partial charge on any atom is 0.410 e. The molecule has 18 heavy (non-hydrogen) atoms. The van der Waals surface area contributed by atoms with Crippen LogP contribution < -0.4 is 0 Å². The van der Waals surface area contributed by atoms with E-state index in [0.717, 1.165) is 4.90 Å². The molecule has 1 unspecified atom stereocenters. The number of likely N-dealkylation sites (tertiary alicyclic amines) is 1. The summed E-state index contributed by atoms with van der Waals surface area (Å²) in [5.74, 6) is -1.53. The minimum absolute atomic E-state index is 0.0369. The van der Waals surface area contributed by atoms with Crippen molar-refractivity contribution < 1.29 is 18.3 Å². The predicted molar refractivity (Wildman–Crippen MR) is 64.3 cm³/mol. The van der Waals surface area contributed by atoms with Crippen molar-refractivity contribution in [2.24, 2.45) is 5.92 Å². The zero-order valence-corrected chi connectivity index (χ0v) is 11.0. The minimum atomic E-state index is -2.94. The lowest BCUT2D eigenvalue weighted by Gasteiger charge is -2.38. The largest absolute Gasteiger partial charge is 0.444 e. The monoisotopic (exact) mass is 259 g/mol. The number of hydrogen-bond acceptors (Lipinski definition) is 2. The number of nitrogens with zero attached hydrogens (tertiary/aromatic N) is 1. The lowest BCUT2D eigenvalue weighted by atomic mass is 9.90. The molecule has 0 aromatic heterocycles. The molecule has 1 atom stereocenters. The van der Waals surface area contributed by atoms with Crippen LogP contribution in [-0.2, 0) is 4.74 Å². The number of terminal acetylenes is 1. The second kappa shape index (κ2) is 5.13. The van der Waals surface area contributed by atoms with Crippen molar-refractivity contribution in [2.75, 3.05) is 13.1 Å². The van der Waals surface area contributed by atoms with E-state index in [9.17, 15) is 13.6 Å². The van der Waals surface area contributed by atoms with Crippen LogP contribution in [0.5, 0.6) is 0 Å². The van der Waals surface area contributed by atoms with Gasteiger partial charge in [-0.05, 0) is 27.2 Å². The molecular weight excluding hydrogens is 240 g/mol. The summed E-state index contributed by atoms with van der Waals surface area (Å²) in [6.45, 7) is 4.75. The van der Waals surface area contributed by atoms with Crippen molar-refractivity contribution in [3.63, 3.8) is 0 Å². The van der Waals surface area contributed by atoms with Crippen LogP contribution in [0.4, 0.5) is 13.6 Å². The number of amides is 1. The van der Waals surface area contributed by atoms with Gasteiger partial charge in [0.15, 0.2) is 0 Å². The maximum absolute atomic E-state index is 13.8. The summed E-state index contributed by atoms with van der Waals surface area (Å²) < 4.78 is 32.6. The first-order valence-electron chi connectivity index (χ1n) is 5.95. The van der Waals surface area contributed by atoms with Crippen molar-refractivity contribution in [1.82, 2.24) is 4.90 Å². The normalized spacial score (nSPS) is 23.3. The van der Waals surface area contributed by atoms with Gasteiger partial charge in [-0.25, -0.2) is 13.6 Å². The SMILES string of the molecule is C#CCC1CCN(C(=O)OC(C)(C)C)CC1(F)F. The van der Waals surface area contributed by atoms with E-state index in [4.69, 9.17) is 11.2 Å². The fourth-order valence-corrected chi connectivity index (χ4v) is 1.86. The van der Waals surface area contributed by atoms with Gasteiger partial charge in [0.25, 0.3) is 5.92 Å². The van der Waals surface area contributed by atoms with Crippen LogP contribution in [0.25, 0.3) is 0 Å². The predicted octanol–water partition coefficient (Wildman–Crippen LogP) is 2.90. The van der Waals surface area contributed by atoms with Crippen molar-refractivity contribution in [3.05, 3.63) is 0 Å². The number of ether oxygens (including phenoxy) is 1. The third kappa shape index (κ3) is 3.86. The highest BCUT2D eigenvalue weighted by molar-refractivity contribution is 5.68. The van der Waals surface area contributed by atoms with Crippen molar-refractivity contribution in [3.8, 4) is 12.3 Å². The molecule has 0 saturated carbocycles. The second-order valence-electron chi connectivity index (χ2n) is 5.56. The van der Waals surface area contributed by atoms with Crippen LogP contribution in [0.1, 0.15) is 33.6 Å². The summed E-state index contributed by atoms with van der Waals surface area (Å²) in [7, 11) is 0. The number of alkyl halides is 2. The number of carbonyl (C=O) groups is 1. The first-order valence-corrected chi connectivity index (χ1v) is 5.95. The molecule has 5 heteroatoms. The van der Waals surface area contributed by atoms with Gasteiger partial charge in [-0.3, -0.25) is 0 Å². The third-order valence-electron chi connectivity index (χ3n) is 2.76. The van der Waals surface area contributed by atoms with E-state index in [-0.39, 0.29) is 19.4 Å². The summed E-state index contributed by atoms with van der Waals surface area (Å²) >= 11 is 0. The zero-order chi connectivity index (χ0) is 14.0. The molecule has 0 radical (unpaired) electrons. The average Bonchev–Trinajstić information content (AvgIpc) is 2.18. The Labute approximate surface area is 106 Å². The Kier molecular flexibility index (Phi) is 4.20. The summed E-state index contributed by atoms with van der Waals surface area (Å²) in [6.07, 6.45) is 4.62. The van der Waals surface area contributed by atoms with E-state index in [1.54, 1.807) is 20.8 Å². The van der Waals surface area contributed by atoms with Crippen molar-refractivity contribution in [2.45, 2.75) is 45.1 Å². The van der Waals surface area contributed by atoms with Crippen molar-refractivity contribution in [1.29, 1.82) is 0 Å². The van der Waals surface area contributed by atoms with Gasteiger partial charge in [0.1, 0.15) is 5.60 Å². The van der Waals surface area contributed by atoms with Crippen LogP contribution in [-0.4, -0.2) is 35.6 Å². The molecule has 102 valence electrons. The molecule has 0 bridgehead atoms. The van der Waals surface area contributed by atoms with E-state index in [1.165, 1.54) is 0 Å². The Morgan fingerprint density at radius 1 is 1.56 bits per heavy atom. The van der Waals surface area contributed by atoms with Gasteiger partial charge in [-0.1, -0.05) is 0 Å². The zero-order valence-electron chi connectivity index (χ0n) is 11.0. The van der Waals surface area contributed by atoms with Crippen LogP contribution >= 0.6 is 0 Å². The maximum atomic E-state index is 13.8. The van der Waals surface area contributed by atoms with Crippen LogP contribution in [0, 0.1) is 18.3 Å². The van der Waals surface area contributed by atoms with Crippen LogP contribution in [0.15, 0.2) is 0 Å². The highest BCUT2D eigenvalue weighted by Gasteiger charge is 2.46. The molecule has 1 aliphatic rings. The number of rotatable bonds is 1. The molecular formula is C13H19F2NO2. The molecule has 0 aromatic rings. The lowest BCUT2D eigenvalue weighted by molar-refractivity contribution is -0.108. The highest BCUT2D eigenvalue weighted by Crippen LogP contribution is 2.35. The third-order valence-corrected chi connectivity index (χ3v) is 2.76. The molecule has 1 heterocycles. The summed E-state index contributed by atoms with van der Waals surface area (Å²) in [6, 6.07) is 0. The lowest BCUT2D eigenvalue weighted by Crippen LogP contribution is -2.51. The van der Waals surface area contributed by atoms with Gasteiger partial charge < -0.3 is 9.64 Å². The fourth-order valence-electron chi connectivity index (χ4n) is 1.86. The molecule has 1 amide bonds. The Morgan fingerprint density at radius 2 is 2.17 bits per heavy atom. The number of piperidine rings is 1. The molecule has 0 spiro atoms. The molecule has 1 aliphatic heterocycles. The van der Waals surface area contributed by atoms with Gasteiger partial charge in [0.05, 0.1) is 6.54 Å². The average molecular weight is 259 g/mol. The quantitative estimate of drug-likeness (QED) is 0.678. The van der Waals surface area contributed by atoms with Gasteiger partial charge in [-0.2, -0.15) is 0 Å². The van der Waals surface area contributed by atoms with E-state index in [0.29, 0.717) is 0 Å². The van der Waals surface area contributed by atoms with E-state index in [1.807, 2.05) is 0 Å². The Hall–Kier alpha value is -1.31. The smallest absolute Gasteiger partial charge is 0.410 e. The number of hydrogen-bond donors (Lipinski definition) is 0. The Balaban J connectivity index is 2.64. The van der Waals surface area contributed by atoms with Gasteiger partial charge in [0.2, 0.25) is 0 Å². The number of halogens is 2. The molecule has 1 rings (SSSR count). The highest BCUT2D eigenvalue weighted by atomic mass is 19.3. The standard InChI is InChI=1S/C13H19F2NO2/c1-5-6-10-7-8-16(9-13(10,14)15)11(17)18-12(2,3)4/h1,10H,6-9H2,2-4H3. The summed E-state index contributed by atoms with van der Waals surface area (Å²) in [5.41, 5.74) is -0.679. The molecule has 1 fully saturated rings. The first-order chi connectivity index (χ1) is 8.15. The summed E-state index contributed by atoms with van der Waals surface area (Å²) in [5, 5.41) is 0. The Morgan fingerprint density at radius 3 is 2.61 bits per heavy atom. The molecule has 0 aliphatic carbocycles. The summed E-state index contributed by atoms with van der Waals surface area (Å²) in [4.78, 5) is 12.7. The van der Waals surface area contributed by atoms with E-state index >= 15 is 0 Å². The van der Waals surface area contributed by atoms with Crippen LogP contribution in [0.3, 0.4) is 0 Å². The molecule has 1 saturated heterocycles. The first kappa shape index (κ1) is 14.7. The fraction of sp³-hybridized carbons (Fsp3) is 0.769. The van der Waals surface area contributed by atoms with Crippen molar-refractivity contribution >= 4 is 6.09 Å². The minimum Gasteiger partial charge on any atom is -0.444 e. The molecule has 3 nitrogen and oxygen atoms in total. The van der Waals surface area contributed by atoms with Gasteiger partial charge in [-0.15, -0.1) is 12.3 Å². The number of carbonyl (C=O) groups excluding carboxylic acids is 1. The van der Waals surface area contributed by atoms with Gasteiger partial charge in [0, 0.05) is 18.9 Å². The van der Waals surface area contributed by atoms with E-state index < -0.39 is 30.1 Å².